The van der Waals surface area contributed by atoms with Crippen molar-refractivity contribution < 1.29 is 10.2 Å². The lowest BCUT2D eigenvalue weighted by Gasteiger charge is -2.18. The largest absolute Gasteiger partial charge is 0.394 e. The van der Waals surface area contributed by atoms with Crippen LogP contribution in [0.3, 0.4) is 0 Å². The Bertz CT molecular complexity index is 108. The molecule has 3 N–H and O–H groups in total. The van der Waals surface area contributed by atoms with Gasteiger partial charge in [-0.25, -0.2) is 0 Å². The summed E-state index contributed by atoms with van der Waals surface area (Å²) in [6.07, 6.45) is -0.628. The summed E-state index contributed by atoms with van der Waals surface area (Å²) in [7, 11) is 0. The summed E-state index contributed by atoms with van der Waals surface area (Å²) in [5.41, 5.74) is 0. The standard InChI is InChI=1S/C9H22N2O2/c1-3-11(4-2)6-5-10-7-9(13)8-12/h9-10,12-13H,3-8H2,1-2H3. The van der Waals surface area contributed by atoms with E-state index in [1.165, 1.54) is 0 Å². The maximum Gasteiger partial charge on any atom is 0.0894 e. The summed E-state index contributed by atoms with van der Waals surface area (Å²) in [5.74, 6) is 0. The molecule has 0 bridgehead atoms. The van der Waals surface area contributed by atoms with Crippen LogP contribution in [-0.2, 0) is 0 Å². The van der Waals surface area contributed by atoms with Gasteiger partial charge in [-0.3, -0.25) is 0 Å². The van der Waals surface area contributed by atoms with Crippen molar-refractivity contribution in [3.63, 3.8) is 0 Å². The van der Waals surface area contributed by atoms with Crippen molar-refractivity contribution in [1.29, 1.82) is 0 Å². The molecule has 0 spiro atoms. The topological polar surface area (TPSA) is 55.7 Å². The summed E-state index contributed by atoms with van der Waals surface area (Å²) in [5, 5.41) is 20.6. The minimum atomic E-state index is -0.628. The fourth-order valence-electron chi connectivity index (χ4n) is 1.11. The fourth-order valence-corrected chi connectivity index (χ4v) is 1.11. The minimum absolute atomic E-state index is 0.168. The zero-order valence-electron chi connectivity index (χ0n) is 8.66. The molecule has 13 heavy (non-hydrogen) atoms. The van der Waals surface area contributed by atoms with Crippen LogP contribution in [0.4, 0.5) is 0 Å². The number of nitrogens with one attached hydrogen (secondary N) is 1. The van der Waals surface area contributed by atoms with Gasteiger partial charge in [0.2, 0.25) is 0 Å². The monoisotopic (exact) mass is 190 g/mol. The van der Waals surface area contributed by atoms with E-state index < -0.39 is 6.10 Å². The van der Waals surface area contributed by atoms with Crippen molar-refractivity contribution in [3.8, 4) is 0 Å². The zero-order valence-corrected chi connectivity index (χ0v) is 8.66. The Labute approximate surface area is 80.6 Å². The third-order valence-corrected chi connectivity index (χ3v) is 2.09. The van der Waals surface area contributed by atoms with Crippen molar-refractivity contribution in [2.45, 2.75) is 20.0 Å². The van der Waals surface area contributed by atoms with E-state index >= 15 is 0 Å². The first-order valence-electron chi connectivity index (χ1n) is 4.96. The summed E-state index contributed by atoms with van der Waals surface area (Å²) in [6, 6.07) is 0. The molecular formula is C9H22N2O2. The molecule has 0 aromatic carbocycles. The Morgan fingerprint density at radius 3 is 2.38 bits per heavy atom. The highest BCUT2D eigenvalue weighted by atomic mass is 16.3. The highest BCUT2D eigenvalue weighted by molar-refractivity contribution is 4.59. The third kappa shape index (κ3) is 6.95. The molecule has 0 saturated heterocycles. The van der Waals surface area contributed by atoms with Crippen LogP contribution in [-0.4, -0.2) is 60.5 Å². The number of rotatable bonds is 8. The molecule has 0 aliphatic rings. The van der Waals surface area contributed by atoms with Gasteiger partial charge in [-0.1, -0.05) is 13.8 Å². The molecule has 0 radical (unpaired) electrons. The summed E-state index contributed by atoms with van der Waals surface area (Å²) >= 11 is 0. The average Bonchev–Trinajstić information content (AvgIpc) is 2.18. The summed E-state index contributed by atoms with van der Waals surface area (Å²) in [6.45, 7) is 8.53. The van der Waals surface area contributed by atoms with Crippen LogP contribution in [0, 0.1) is 0 Å². The second kappa shape index (κ2) is 8.44. The maximum atomic E-state index is 9.01. The van der Waals surface area contributed by atoms with Crippen LogP contribution in [0.1, 0.15) is 13.8 Å². The van der Waals surface area contributed by atoms with Crippen molar-refractivity contribution in [3.05, 3.63) is 0 Å². The minimum Gasteiger partial charge on any atom is -0.394 e. The van der Waals surface area contributed by atoms with Crippen LogP contribution in [0.5, 0.6) is 0 Å². The second-order valence-electron chi connectivity index (χ2n) is 3.07. The molecule has 0 aromatic rings. The molecule has 0 saturated carbocycles. The quantitative estimate of drug-likeness (QED) is 0.442. The van der Waals surface area contributed by atoms with E-state index in [2.05, 4.69) is 24.1 Å². The molecule has 4 heteroatoms. The molecule has 0 aromatic heterocycles. The number of aliphatic hydroxyl groups excluding tert-OH is 2. The number of nitrogens with zero attached hydrogens (tertiary/aromatic N) is 1. The first-order chi connectivity index (χ1) is 6.24. The molecule has 80 valence electrons. The Kier molecular flexibility index (Phi) is 8.33. The van der Waals surface area contributed by atoms with Gasteiger partial charge in [0.1, 0.15) is 0 Å². The number of hydrogen-bond donors (Lipinski definition) is 3. The Hall–Kier alpha value is -0.160. The first-order valence-corrected chi connectivity index (χ1v) is 4.96. The third-order valence-electron chi connectivity index (χ3n) is 2.09. The van der Waals surface area contributed by atoms with E-state index in [1.807, 2.05) is 0 Å². The predicted molar refractivity (Wildman–Crippen MR) is 53.8 cm³/mol. The molecule has 0 heterocycles. The van der Waals surface area contributed by atoms with Crippen molar-refractivity contribution in [1.82, 2.24) is 10.2 Å². The zero-order chi connectivity index (χ0) is 10.1. The van der Waals surface area contributed by atoms with Gasteiger partial charge >= 0.3 is 0 Å². The summed E-state index contributed by atoms with van der Waals surface area (Å²) < 4.78 is 0. The predicted octanol–water partition coefficient (Wildman–Crippen LogP) is -0.729. The molecule has 0 amide bonds. The van der Waals surface area contributed by atoms with Gasteiger partial charge < -0.3 is 20.4 Å². The van der Waals surface area contributed by atoms with E-state index in [0.29, 0.717) is 6.54 Å². The normalized spacial score (nSPS) is 13.6. The fraction of sp³-hybridized carbons (Fsp3) is 1.00. The molecule has 1 atom stereocenters. The first kappa shape index (κ1) is 12.8. The highest BCUT2D eigenvalue weighted by Gasteiger charge is 2.01. The lowest BCUT2D eigenvalue weighted by molar-refractivity contribution is 0.0939. The highest BCUT2D eigenvalue weighted by Crippen LogP contribution is 1.84. The Morgan fingerprint density at radius 2 is 1.92 bits per heavy atom. The lowest BCUT2D eigenvalue weighted by atomic mass is 10.3. The van der Waals surface area contributed by atoms with Gasteiger partial charge in [0, 0.05) is 19.6 Å². The molecule has 4 nitrogen and oxygen atoms in total. The van der Waals surface area contributed by atoms with Gasteiger partial charge in [0.15, 0.2) is 0 Å². The lowest BCUT2D eigenvalue weighted by Crippen LogP contribution is -2.36. The smallest absolute Gasteiger partial charge is 0.0894 e. The van der Waals surface area contributed by atoms with Crippen LogP contribution < -0.4 is 5.32 Å². The van der Waals surface area contributed by atoms with E-state index in [1.54, 1.807) is 0 Å². The van der Waals surface area contributed by atoms with E-state index in [-0.39, 0.29) is 6.61 Å². The van der Waals surface area contributed by atoms with Gasteiger partial charge in [0.05, 0.1) is 12.7 Å². The van der Waals surface area contributed by atoms with Crippen LogP contribution in [0.15, 0.2) is 0 Å². The molecular weight excluding hydrogens is 168 g/mol. The van der Waals surface area contributed by atoms with E-state index in [0.717, 1.165) is 26.2 Å². The number of likely N-dealkylation sites (N-methyl/N-ethyl adjacent to an activating group) is 1. The van der Waals surface area contributed by atoms with Crippen LogP contribution >= 0.6 is 0 Å². The molecule has 1 unspecified atom stereocenters. The van der Waals surface area contributed by atoms with Crippen molar-refractivity contribution in [2.24, 2.45) is 0 Å². The van der Waals surface area contributed by atoms with Gasteiger partial charge in [-0.15, -0.1) is 0 Å². The van der Waals surface area contributed by atoms with Crippen molar-refractivity contribution in [2.75, 3.05) is 39.3 Å². The van der Waals surface area contributed by atoms with E-state index in [9.17, 15) is 0 Å². The Balaban J connectivity index is 3.23. The molecule has 0 fully saturated rings. The second-order valence-corrected chi connectivity index (χ2v) is 3.07. The van der Waals surface area contributed by atoms with Crippen molar-refractivity contribution >= 4 is 0 Å². The van der Waals surface area contributed by atoms with Crippen LogP contribution in [0.2, 0.25) is 0 Å². The molecule has 0 rings (SSSR count). The SMILES string of the molecule is CCN(CC)CCNCC(O)CO. The van der Waals surface area contributed by atoms with Gasteiger partial charge in [-0.2, -0.15) is 0 Å². The van der Waals surface area contributed by atoms with Gasteiger partial charge in [-0.05, 0) is 13.1 Å². The Morgan fingerprint density at radius 1 is 1.31 bits per heavy atom. The number of hydrogen-bond acceptors (Lipinski definition) is 4. The van der Waals surface area contributed by atoms with Crippen LogP contribution in [0.25, 0.3) is 0 Å². The maximum absolute atomic E-state index is 9.01. The average molecular weight is 190 g/mol. The number of aliphatic hydroxyl groups is 2. The van der Waals surface area contributed by atoms with Gasteiger partial charge in [0.25, 0.3) is 0 Å². The summed E-state index contributed by atoms with van der Waals surface area (Å²) in [4.78, 5) is 2.30. The molecule has 0 aliphatic heterocycles. The van der Waals surface area contributed by atoms with E-state index in [4.69, 9.17) is 10.2 Å². The molecule has 0 aliphatic carbocycles.